The maximum atomic E-state index is 4.03. The van der Waals surface area contributed by atoms with Crippen LogP contribution >= 0.6 is 0 Å². The molecule has 1 heterocycles. The molecule has 12 rings (SSSR count). The van der Waals surface area contributed by atoms with Crippen molar-refractivity contribution in [1.82, 2.24) is 10.6 Å². The summed E-state index contributed by atoms with van der Waals surface area (Å²) in [5, 5.41) is 8.06. The minimum absolute atomic E-state index is 0.197. The second-order valence-electron chi connectivity index (χ2n) is 20.2. The van der Waals surface area contributed by atoms with Crippen molar-refractivity contribution in [3.05, 3.63) is 171 Å². The maximum Gasteiger partial charge on any atom is 0.0841 e. The molecule has 3 aromatic rings. The quantitative estimate of drug-likeness (QED) is 0.252. The molecule has 5 atom stereocenters. The summed E-state index contributed by atoms with van der Waals surface area (Å²) >= 11 is 0. The molecule has 4 unspecified atom stereocenters. The first-order chi connectivity index (χ1) is 29.7. The molecule has 2 spiro atoms. The van der Waals surface area contributed by atoms with E-state index in [2.05, 4.69) is 126 Å². The van der Waals surface area contributed by atoms with Crippen LogP contribution in [0.4, 0.5) is 0 Å². The van der Waals surface area contributed by atoms with Crippen LogP contribution < -0.4 is 10.6 Å². The van der Waals surface area contributed by atoms with Crippen molar-refractivity contribution in [2.24, 2.45) is 5.92 Å². The minimum atomic E-state index is 0.197. The van der Waals surface area contributed by atoms with Crippen LogP contribution in [0.2, 0.25) is 0 Å². The van der Waals surface area contributed by atoms with E-state index >= 15 is 0 Å². The molecule has 0 aromatic heterocycles. The van der Waals surface area contributed by atoms with Crippen LogP contribution in [0.5, 0.6) is 0 Å². The molecule has 2 saturated carbocycles. The van der Waals surface area contributed by atoms with E-state index < -0.39 is 0 Å². The van der Waals surface area contributed by atoms with E-state index in [1.165, 1.54) is 119 Å². The van der Waals surface area contributed by atoms with Crippen molar-refractivity contribution < 1.29 is 0 Å². The topological polar surface area (TPSA) is 24.1 Å². The molecule has 0 bridgehead atoms. The second kappa shape index (κ2) is 15.3. The molecular formula is C58H64N2. The molecule has 0 amide bonds. The highest BCUT2D eigenvalue weighted by molar-refractivity contribution is 5.93. The SMILES string of the molecule is C1=CC(C2NC(c3ccc(C4=CCC(c5cccc6c5C5=CC7=C(CC5C65CCCCC5)c5ccccc5C75CCCCC5)C=C4)cc3)C[C@@H](C3=CCCCC3)N2)=CCC1. The van der Waals surface area contributed by atoms with E-state index in [0.717, 1.165) is 25.7 Å². The Kier molecular flexibility index (Phi) is 9.56. The number of rotatable bonds is 5. The Morgan fingerprint density at radius 1 is 0.650 bits per heavy atom. The van der Waals surface area contributed by atoms with Crippen LogP contribution in [0.3, 0.4) is 0 Å². The zero-order valence-electron chi connectivity index (χ0n) is 35.8. The van der Waals surface area contributed by atoms with Gasteiger partial charge < -0.3 is 0 Å². The average molecular weight is 789 g/mol. The van der Waals surface area contributed by atoms with Gasteiger partial charge in [-0.05, 0) is 156 Å². The lowest BCUT2D eigenvalue weighted by Crippen LogP contribution is -2.56. The summed E-state index contributed by atoms with van der Waals surface area (Å²) in [4.78, 5) is 0. The number of hydrogen-bond acceptors (Lipinski definition) is 2. The summed E-state index contributed by atoms with van der Waals surface area (Å²) in [5.74, 6) is 1.01. The van der Waals surface area contributed by atoms with E-state index in [-0.39, 0.29) is 17.0 Å². The minimum Gasteiger partial charge on any atom is -0.291 e. The number of fused-ring (bicyclic) bond motifs is 9. The van der Waals surface area contributed by atoms with Crippen LogP contribution in [0.1, 0.15) is 173 Å². The van der Waals surface area contributed by atoms with Gasteiger partial charge in [-0.2, -0.15) is 0 Å². The molecule has 3 aromatic carbocycles. The Morgan fingerprint density at radius 3 is 2.25 bits per heavy atom. The van der Waals surface area contributed by atoms with Crippen molar-refractivity contribution in [1.29, 1.82) is 0 Å². The van der Waals surface area contributed by atoms with Crippen molar-refractivity contribution in [3.63, 3.8) is 0 Å². The second-order valence-corrected chi connectivity index (χ2v) is 20.2. The Hall–Kier alpha value is -4.24. The van der Waals surface area contributed by atoms with Gasteiger partial charge in [0.2, 0.25) is 0 Å². The Labute approximate surface area is 359 Å². The van der Waals surface area contributed by atoms with Crippen molar-refractivity contribution >= 4 is 16.7 Å². The molecular weight excluding hydrogens is 725 g/mol. The number of allylic oxidation sites excluding steroid dienone is 11. The standard InChI is InChI=1S/C58H64N2/c1-5-16-42(17-6-1)53-38-54(60-56(59-53)44-18-7-2-8-19-44)43-30-26-40(27-31-43)39-24-28-41(29-25-39)45-21-15-23-50-55(45)48-37-51-47(36-52(48)58(50)34-13-4-14-35-58)46-20-9-10-22-49(46)57(51)32-11-3-12-33-57/h7,9-10,15-16,18-28,30-31,37,41,52-54,56,59-60H,1-6,8,11-14,17,29,32-36,38H2/t41?,52?,53-,54?,56?/m0/s1. The Morgan fingerprint density at radius 2 is 1.47 bits per heavy atom. The third-order valence-electron chi connectivity index (χ3n) is 17.2. The highest BCUT2D eigenvalue weighted by Gasteiger charge is 2.55. The summed E-state index contributed by atoms with van der Waals surface area (Å²) in [7, 11) is 0. The highest BCUT2D eigenvalue weighted by atomic mass is 15.2. The predicted molar refractivity (Wildman–Crippen MR) is 251 cm³/mol. The summed E-state index contributed by atoms with van der Waals surface area (Å²) in [6.45, 7) is 0. The third-order valence-corrected chi connectivity index (χ3v) is 17.2. The first-order valence-corrected chi connectivity index (χ1v) is 24.4. The van der Waals surface area contributed by atoms with E-state index in [1.807, 2.05) is 0 Å². The smallest absolute Gasteiger partial charge is 0.0841 e. The molecule has 1 aliphatic heterocycles. The Balaban J connectivity index is 0.838. The fourth-order valence-electron chi connectivity index (χ4n) is 14.3. The molecule has 2 heteroatoms. The van der Waals surface area contributed by atoms with E-state index in [4.69, 9.17) is 0 Å². The average Bonchev–Trinajstić information content (AvgIpc) is 3.74. The molecule has 60 heavy (non-hydrogen) atoms. The van der Waals surface area contributed by atoms with E-state index in [1.54, 1.807) is 50.1 Å². The van der Waals surface area contributed by atoms with Gasteiger partial charge in [0, 0.05) is 28.8 Å². The Bertz CT molecular complexity index is 2400. The molecule has 0 radical (unpaired) electrons. The molecule has 306 valence electrons. The molecule has 8 aliphatic carbocycles. The van der Waals surface area contributed by atoms with Gasteiger partial charge in [0.1, 0.15) is 0 Å². The lowest BCUT2D eigenvalue weighted by Gasteiger charge is -2.43. The lowest BCUT2D eigenvalue weighted by atomic mass is 9.61. The largest absolute Gasteiger partial charge is 0.291 e. The summed E-state index contributed by atoms with van der Waals surface area (Å²) in [5.41, 5.74) is 21.0. The van der Waals surface area contributed by atoms with Crippen LogP contribution in [0.25, 0.3) is 16.7 Å². The van der Waals surface area contributed by atoms with Gasteiger partial charge in [-0.3, -0.25) is 10.6 Å². The van der Waals surface area contributed by atoms with Gasteiger partial charge >= 0.3 is 0 Å². The van der Waals surface area contributed by atoms with E-state index in [0.29, 0.717) is 23.9 Å². The van der Waals surface area contributed by atoms with Crippen molar-refractivity contribution in [2.45, 2.75) is 157 Å². The number of hydrogen-bond donors (Lipinski definition) is 2. The van der Waals surface area contributed by atoms with Crippen LogP contribution in [-0.4, -0.2) is 12.2 Å². The molecule has 9 aliphatic rings. The number of benzene rings is 3. The molecule has 1 saturated heterocycles. The number of nitrogens with one attached hydrogen (secondary N) is 2. The van der Waals surface area contributed by atoms with Crippen LogP contribution in [0.15, 0.2) is 132 Å². The first-order valence-electron chi connectivity index (χ1n) is 24.4. The summed E-state index contributed by atoms with van der Waals surface area (Å²) in [6.07, 6.45) is 44.7. The van der Waals surface area contributed by atoms with Gasteiger partial charge in [0.15, 0.2) is 0 Å². The van der Waals surface area contributed by atoms with Crippen LogP contribution in [-0.2, 0) is 10.8 Å². The van der Waals surface area contributed by atoms with Gasteiger partial charge in [0.25, 0.3) is 0 Å². The monoisotopic (exact) mass is 789 g/mol. The predicted octanol–water partition coefficient (Wildman–Crippen LogP) is 14.2. The van der Waals surface area contributed by atoms with Crippen molar-refractivity contribution in [2.75, 3.05) is 0 Å². The fourth-order valence-corrected chi connectivity index (χ4v) is 14.3. The zero-order valence-corrected chi connectivity index (χ0v) is 35.8. The van der Waals surface area contributed by atoms with Gasteiger partial charge in [0.05, 0.1) is 6.17 Å². The highest BCUT2D eigenvalue weighted by Crippen LogP contribution is 2.66. The summed E-state index contributed by atoms with van der Waals surface area (Å²) in [6, 6.07) is 27.5. The molecule has 2 nitrogen and oxygen atoms in total. The molecule has 2 N–H and O–H groups in total. The van der Waals surface area contributed by atoms with Gasteiger partial charge in [-0.15, -0.1) is 0 Å². The van der Waals surface area contributed by atoms with Crippen LogP contribution in [0, 0.1) is 5.92 Å². The maximum absolute atomic E-state index is 4.03. The zero-order chi connectivity index (χ0) is 39.7. The summed E-state index contributed by atoms with van der Waals surface area (Å²) < 4.78 is 0. The van der Waals surface area contributed by atoms with Gasteiger partial charge in [-0.25, -0.2) is 0 Å². The lowest BCUT2D eigenvalue weighted by molar-refractivity contribution is 0.242. The third kappa shape index (κ3) is 6.09. The van der Waals surface area contributed by atoms with Crippen molar-refractivity contribution in [3.8, 4) is 0 Å². The normalized spacial score (nSPS) is 29.9. The van der Waals surface area contributed by atoms with E-state index in [9.17, 15) is 0 Å². The fraction of sp³-hybridized carbons (Fsp3) is 0.448. The first kappa shape index (κ1) is 37.5. The molecule has 3 fully saturated rings. The van der Waals surface area contributed by atoms with Gasteiger partial charge in [-0.1, -0.05) is 159 Å².